The van der Waals surface area contributed by atoms with Crippen molar-refractivity contribution < 1.29 is 9.53 Å². The number of carbonyl (C=O) groups is 1. The fourth-order valence-electron chi connectivity index (χ4n) is 1.42. The van der Waals surface area contributed by atoms with Crippen molar-refractivity contribution in [2.45, 2.75) is 0 Å². The Morgan fingerprint density at radius 1 is 1.50 bits per heavy atom. The minimum atomic E-state index is -0.449. The molecule has 1 aromatic heterocycles. The van der Waals surface area contributed by atoms with Crippen molar-refractivity contribution in [3.63, 3.8) is 0 Å². The highest BCUT2D eigenvalue weighted by molar-refractivity contribution is 5.96. The lowest BCUT2D eigenvalue weighted by Crippen LogP contribution is -2.05. The number of hydrogen-bond donors (Lipinski definition) is 2. The van der Waals surface area contributed by atoms with Gasteiger partial charge in [0, 0.05) is 17.4 Å². The molecule has 0 aliphatic rings. The van der Waals surface area contributed by atoms with Gasteiger partial charge in [0.15, 0.2) is 0 Å². The number of hydrogen-bond acceptors (Lipinski definition) is 4. The summed E-state index contributed by atoms with van der Waals surface area (Å²) >= 11 is 0. The van der Waals surface area contributed by atoms with Gasteiger partial charge in [-0.15, -0.1) is 0 Å². The monoisotopic (exact) mass is 217 g/mol. The number of imidazole rings is 1. The van der Waals surface area contributed by atoms with Crippen LogP contribution in [0.4, 0.5) is 5.69 Å². The molecule has 0 spiro atoms. The molecule has 82 valence electrons. The molecule has 5 heteroatoms. The van der Waals surface area contributed by atoms with Crippen molar-refractivity contribution in [3.05, 3.63) is 36.3 Å². The Bertz CT molecular complexity index is 506. The topological polar surface area (TPSA) is 81.0 Å². The fourth-order valence-corrected chi connectivity index (χ4v) is 1.42. The van der Waals surface area contributed by atoms with Crippen LogP contribution in [0.5, 0.6) is 0 Å². The summed E-state index contributed by atoms with van der Waals surface area (Å²) in [6.45, 7) is 0. The van der Waals surface area contributed by atoms with E-state index in [-0.39, 0.29) is 0 Å². The molecule has 2 aromatic rings. The van der Waals surface area contributed by atoms with Gasteiger partial charge in [-0.1, -0.05) is 6.07 Å². The predicted octanol–water partition coefficient (Wildman–Crippen LogP) is 1.45. The van der Waals surface area contributed by atoms with Gasteiger partial charge in [-0.2, -0.15) is 0 Å². The number of nitrogens with two attached hydrogens (primary N) is 1. The molecule has 0 aliphatic heterocycles. The lowest BCUT2D eigenvalue weighted by Gasteiger charge is -2.05. The Morgan fingerprint density at radius 3 is 2.94 bits per heavy atom. The van der Waals surface area contributed by atoms with Crippen LogP contribution in [0.25, 0.3) is 11.3 Å². The number of benzene rings is 1. The van der Waals surface area contributed by atoms with Crippen LogP contribution in [0.3, 0.4) is 0 Å². The summed E-state index contributed by atoms with van der Waals surface area (Å²) in [5.41, 5.74) is 8.01. The number of nitrogens with zero attached hydrogens (tertiary/aromatic N) is 1. The third kappa shape index (κ3) is 1.75. The summed E-state index contributed by atoms with van der Waals surface area (Å²) in [6, 6.07) is 5.13. The zero-order valence-corrected chi connectivity index (χ0v) is 8.73. The molecule has 0 radical (unpaired) electrons. The highest BCUT2D eigenvalue weighted by atomic mass is 16.5. The maximum atomic E-state index is 11.4. The molecule has 5 nitrogen and oxygen atoms in total. The average Bonchev–Trinajstić information content (AvgIpc) is 2.82. The van der Waals surface area contributed by atoms with Crippen LogP contribution in [-0.2, 0) is 4.74 Å². The zero-order valence-electron chi connectivity index (χ0n) is 8.73. The number of nitrogen functional groups attached to an aromatic ring is 1. The van der Waals surface area contributed by atoms with Crippen LogP contribution in [0.1, 0.15) is 10.4 Å². The van der Waals surface area contributed by atoms with Gasteiger partial charge in [-0.3, -0.25) is 0 Å². The summed E-state index contributed by atoms with van der Waals surface area (Å²) in [7, 11) is 1.32. The van der Waals surface area contributed by atoms with E-state index >= 15 is 0 Å². The number of H-pyrrole nitrogens is 1. The first-order valence-electron chi connectivity index (χ1n) is 4.69. The molecule has 2 rings (SSSR count). The van der Waals surface area contributed by atoms with E-state index in [1.165, 1.54) is 7.11 Å². The van der Waals surface area contributed by atoms with Crippen LogP contribution in [0, 0.1) is 0 Å². The first-order chi connectivity index (χ1) is 7.72. The van der Waals surface area contributed by atoms with Gasteiger partial charge in [0.2, 0.25) is 0 Å². The van der Waals surface area contributed by atoms with Crippen molar-refractivity contribution in [2.24, 2.45) is 0 Å². The van der Waals surface area contributed by atoms with E-state index in [0.29, 0.717) is 11.3 Å². The first kappa shape index (κ1) is 10.2. The second-order valence-corrected chi connectivity index (χ2v) is 3.25. The summed E-state index contributed by atoms with van der Waals surface area (Å²) in [5, 5.41) is 0. The van der Waals surface area contributed by atoms with Gasteiger partial charge in [-0.25, -0.2) is 9.78 Å². The minimum Gasteiger partial charge on any atom is -0.465 e. The summed E-state index contributed by atoms with van der Waals surface area (Å²) in [4.78, 5) is 18.4. The summed E-state index contributed by atoms with van der Waals surface area (Å²) in [6.07, 6.45) is 3.32. The molecule has 0 amide bonds. The minimum absolute atomic E-state index is 0.350. The number of rotatable bonds is 2. The Hall–Kier alpha value is -2.30. The third-order valence-corrected chi connectivity index (χ3v) is 2.25. The normalized spacial score (nSPS) is 10.1. The van der Waals surface area contributed by atoms with E-state index in [1.807, 2.05) is 0 Å². The molecular formula is C11H11N3O2. The van der Waals surface area contributed by atoms with E-state index in [4.69, 9.17) is 5.73 Å². The van der Waals surface area contributed by atoms with Crippen molar-refractivity contribution in [3.8, 4) is 11.3 Å². The smallest absolute Gasteiger partial charge is 0.339 e. The van der Waals surface area contributed by atoms with Gasteiger partial charge < -0.3 is 15.5 Å². The molecule has 0 atom stereocenters. The Morgan fingerprint density at radius 2 is 2.31 bits per heavy atom. The zero-order chi connectivity index (χ0) is 11.5. The highest BCUT2D eigenvalue weighted by Crippen LogP contribution is 2.22. The molecule has 0 saturated carbocycles. The molecule has 0 aliphatic carbocycles. The van der Waals surface area contributed by atoms with E-state index in [9.17, 15) is 4.79 Å². The standard InChI is InChI=1S/C11H11N3O2/c1-16-11(15)8-4-7(2-3-9(8)12)10-5-13-6-14-10/h2-6H,12H2,1H3,(H,13,14). The molecule has 3 N–H and O–H groups in total. The third-order valence-electron chi connectivity index (χ3n) is 2.25. The Kier molecular flexibility index (Phi) is 2.59. The summed E-state index contributed by atoms with van der Waals surface area (Å²) < 4.78 is 4.64. The predicted molar refractivity (Wildman–Crippen MR) is 59.8 cm³/mol. The molecule has 0 saturated heterocycles. The van der Waals surface area contributed by atoms with E-state index in [0.717, 1.165) is 11.3 Å². The number of aromatic nitrogens is 2. The van der Waals surface area contributed by atoms with Crippen LogP contribution in [0.2, 0.25) is 0 Å². The van der Waals surface area contributed by atoms with Crippen molar-refractivity contribution >= 4 is 11.7 Å². The van der Waals surface area contributed by atoms with Crippen molar-refractivity contribution in [1.29, 1.82) is 0 Å². The molecule has 1 heterocycles. The van der Waals surface area contributed by atoms with Crippen LogP contribution in [-0.4, -0.2) is 23.0 Å². The second-order valence-electron chi connectivity index (χ2n) is 3.25. The van der Waals surface area contributed by atoms with E-state index in [2.05, 4.69) is 14.7 Å². The maximum absolute atomic E-state index is 11.4. The van der Waals surface area contributed by atoms with Crippen LogP contribution in [0.15, 0.2) is 30.7 Å². The lowest BCUT2D eigenvalue weighted by atomic mass is 10.1. The number of anilines is 1. The largest absolute Gasteiger partial charge is 0.465 e. The lowest BCUT2D eigenvalue weighted by molar-refractivity contribution is 0.0602. The van der Waals surface area contributed by atoms with E-state index < -0.39 is 5.97 Å². The number of aromatic amines is 1. The number of ether oxygens (including phenoxy) is 1. The summed E-state index contributed by atoms with van der Waals surface area (Å²) in [5.74, 6) is -0.449. The van der Waals surface area contributed by atoms with Crippen molar-refractivity contribution in [1.82, 2.24) is 9.97 Å². The van der Waals surface area contributed by atoms with Crippen LogP contribution >= 0.6 is 0 Å². The van der Waals surface area contributed by atoms with Gasteiger partial charge >= 0.3 is 5.97 Å². The quantitative estimate of drug-likeness (QED) is 0.589. The molecule has 0 fully saturated rings. The maximum Gasteiger partial charge on any atom is 0.339 e. The molecular weight excluding hydrogens is 206 g/mol. The number of nitrogens with one attached hydrogen (secondary N) is 1. The van der Waals surface area contributed by atoms with Gasteiger partial charge in [0.05, 0.1) is 24.7 Å². The number of carbonyl (C=O) groups excluding carboxylic acids is 1. The Labute approximate surface area is 92.3 Å². The SMILES string of the molecule is COC(=O)c1cc(-c2c[nH]cn2)ccc1N. The molecule has 0 unspecified atom stereocenters. The molecule has 0 bridgehead atoms. The van der Waals surface area contributed by atoms with Crippen molar-refractivity contribution in [2.75, 3.05) is 12.8 Å². The highest BCUT2D eigenvalue weighted by Gasteiger charge is 2.11. The van der Waals surface area contributed by atoms with Gasteiger partial charge in [0.1, 0.15) is 0 Å². The molecule has 16 heavy (non-hydrogen) atoms. The average molecular weight is 217 g/mol. The van der Waals surface area contributed by atoms with Crippen LogP contribution < -0.4 is 5.73 Å². The number of methoxy groups -OCH3 is 1. The second kappa shape index (κ2) is 4.06. The van der Waals surface area contributed by atoms with E-state index in [1.54, 1.807) is 30.7 Å². The molecule has 1 aromatic carbocycles. The number of esters is 1. The fraction of sp³-hybridized carbons (Fsp3) is 0.0909. The van der Waals surface area contributed by atoms with Gasteiger partial charge in [-0.05, 0) is 12.1 Å². The first-order valence-corrected chi connectivity index (χ1v) is 4.69. The van der Waals surface area contributed by atoms with Gasteiger partial charge in [0.25, 0.3) is 0 Å². The Balaban J connectivity index is 2.47.